The van der Waals surface area contributed by atoms with E-state index in [4.69, 9.17) is 5.73 Å². The lowest BCUT2D eigenvalue weighted by Crippen LogP contribution is -2.42. The Morgan fingerprint density at radius 3 is 2.59 bits per heavy atom. The zero-order valence-corrected chi connectivity index (χ0v) is 9.12. The Kier molecular flexibility index (Phi) is 4.11. The molecule has 1 rings (SSSR count). The molecule has 0 aliphatic rings. The van der Waals surface area contributed by atoms with Crippen molar-refractivity contribution in [3.05, 3.63) is 35.6 Å². The second-order valence-electron chi connectivity index (χ2n) is 3.34. The number of hydrogen-bond donors (Lipinski definition) is 1. The van der Waals surface area contributed by atoms with Crippen LogP contribution < -0.4 is 5.73 Å². The third kappa shape index (κ3) is 2.76. The average molecular weight is 247 g/mol. The molecular weight excluding hydrogens is 235 g/mol. The van der Waals surface area contributed by atoms with Gasteiger partial charge in [0.2, 0.25) is 0 Å². The highest BCUT2D eigenvalue weighted by Gasteiger charge is 2.48. The molecule has 0 spiro atoms. The molecule has 0 saturated heterocycles. The number of alkyl halides is 2. The Balaban J connectivity index is 3.00. The molecule has 17 heavy (non-hydrogen) atoms. The first kappa shape index (κ1) is 13.5. The zero-order chi connectivity index (χ0) is 13.1. The van der Waals surface area contributed by atoms with Crippen molar-refractivity contribution in [2.75, 3.05) is 6.61 Å². The molecule has 1 aromatic rings. The van der Waals surface area contributed by atoms with Gasteiger partial charge in [-0.05, 0) is 13.0 Å². The number of esters is 1. The number of hydrogen-bond acceptors (Lipinski definition) is 3. The summed E-state index contributed by atoms with van der Waals surface area (Å²) in [5, 5.41) is 0. The van der Waals surface area contributed by atoms with Gasteiger partial charge in [0, 0.05) is 5.56 Å². The number of nitrogens with two attached hydrogens (primary N) is 1. The highest BCUT2D eigenvalue weighted by molar-refractivity contribution is 5.78. The lowest BCUT2D eigenvalue weighted by Gasteiger charge is -2.22. The predicted octanol–water partition coefficient (Wildman–Crippen LogP) is 2.02. The van der Waals surface area contributed by atoms with Gasteiger partial charge in [-0.25, -0.2) is 9.18 Å². The highest BCUT2D eigenvalue weighted by Crippen LogP contribution is 2.31. The maximum absolute atomic E-state index is 13.5. The summed E-state index contributed by atoms with van der Waals surface area (Å²) >= 11 is 0. The van der Waals surface area contributed by atoms with Gasteiger partial charge in [-0.3, -0.25) is 0 Å². The van der Waals surface area contributed by atoms with Crippen molar-refractivity contribution in [1.29, 1.82) is 0 Å². The summed E-state index contributed by atoms with van der Waals surface area (Å²) in [4.78, 5) is 11.0. The van der Waals surface area contributed by atoms with E-state index >= 15 is 0 Å². The number of carbonyl (C=O) groups is 1. The summed E-state index contributed by atoms with van der Waals surface area (Å²) in [6, 6.07) is 2.74. The average Bonchev–Trinajstić information content (AvgIpc) is 2.29. The molecule has 0 aliphatic carbocycles. The number of benzene rings is 1. The Morgan fingerprint density at radius 1 is 1.47 bits per heavy atom. The van der Waals surface area contributed by atoms with Crippen LogP contribution in [0.5, 0.6) is 0 Å². The standard InChI is InChI=1S/C11H12F3NO2/c1-2-17-10(16)11(13,14)9(15)7-5-3-4-6-8(7)12/h3-6,9H,2,15H2,1H3. The lowest BCUT2D eigenvalue weighted by molar-refractivity contribution is -0.174. The molecule has 1 aromatic carbocycles. The van der Waals surface area contributed by atoms with Crippen LogP contribution in [0.25, 0.3) is 0 Å². The van der Waals surface area contributed by atoms with Crippen molar-refractivity contribution in [2.24, 2.45) is 5.73 Å². The number of halogens is 3. The molecular formula is C11H12F3NO2. The van der Waals surface area contributed by atoms with Crippen LogP contribution in [-0.4, -0.2) is 18.5 Å². The van der Waals surface area contributed by atoms with Crippen molar-refractivity contribution >= 4 is 5.97 Å². The summed E-state index contributed by atoms with van der Waals surface area (Å²) in [5.41, 5.74) is 4.79. The Bertz CT molecular complexity index is 409. The van der Waals surface area contributed by atoms with E-state index in [1.54, 1.807) is 0 Å². The summed E-state index contributed by atoms with van der Waals surface area (Å²) in [5.74, 6) is -6.60. The normalized spacial score (nSPS) is 13.2. The van der Waals surface area contributed by atoms with Gasteiger partial charge < -0.3 is 10.5 Å². The molecule has 0 aliphatic heterocycles. The van der Waals surface area contributed by atoms with Crippen molar-refractivity contribution in [3.8, 4) is 0 Å². The maximum Gasteiger partial charge on any atom is 0.379 e. The van der Waals surface area contributed by atoms with E-state index in [0.29, 0.717) is 0 Å². The van der Waals surface area contributed by atoms with Crippen LogP contribution in [0.3, 0.4) is 0 Å². The largest absolute Gasteiger partial charge is 0.462 e. The second kappa shape index (κ2) is 5.18. The van der Waals surface area contributed by atoms with E-state index in [9.17, 15) is 18.0 Å². The summed E-state index contributed by atoms with van der Waals surface area (Å²) in [6.07, 6.45) is 0. The molecule has 0 radical (unpaired) electrons. The Labute approximate surface area is 96.4 Å². The van der Waals surface area contributed by atoms with Crippen LogP contribution >= 0.6 is 0 Å². The first-order valence-electron chi connectivity index (χ1n) is 4.96. The second-order valence-corrected chi connectivity index (χ2v) is 3.34. The van der Waals surface area contributed by atoms with Crippen molar-refractivity contribution in [2.45, 2.75) is 18.9 Å². The van der Waals surface area contributed by atoms with Crippen LogP contribution in [0, 0.1) is 5.82 Å². The molecule has 0 heterocycles. The van der Waals surface area contributed by atoms with Crippen molar-refractivity contribution < 1.29 is 22.7 Å². The van der Waals surface area contributed by atoms with E-state index in [2.05, 4.69) is 4.74 Å². The highest BCUT2D eigenvalue weighted by atomic mass is 19.3. The van der Waals surface area contributed by atoms with E-state index in [0.717, 1.165) is 12.1 Å². The van der Waals surface area contributed by atoms with Gasteiger partial charge in [-0.2, -0.15) is 8.78 Å². The molecule has 3 nitrogen and oxygen atoms in total. The number of ether oxygens (including phenoxy) is 1. The summed E-state index contributed by atoms with van der Waals surface area (Å²) in [7, 11) is 0. The fourth-order valence-corrected chi connectivity index (χ4v) is 1.28. The lowest BCUT2D eigenvalue weighted by atomic mass is 10.0. The van der Waals surface area contributed by atoms with E-state index < -0.39 is 29.3 Å². The molecule has 0 fully saturated rings. The van der Waals surface area contributed by atoms with Gasteiger partial charge in [0.05, 0.1) is 6.61 Å². The maximum atomic E-state index is 13.5. The Morgan fingerprint density at radius 2 is 2.06 bits per heavy atom. The van der Waals surface area contributed by atoms with Gasteiger partial charge in [-0.15, -0.1) is 0 Å². The fourth-order valence-electron chi connectivity index (χ4n) is 1.28. The van der Waals surface area contributed by atoms with Gasteiger partial charge >= 0.3 is 11.9 Å². The summed E-state index contributed by atoms with van der Waals surface area (Å²) in [6.45, 7) is 1.20. The predicted molar refractivity (Wildman–Crippen MR) is 54.9 cm³/mol. The quantitative estimate of drug-likeness (QED) is 0.828. The third-order valence-corrected chi connectivity index (χ3v) is 2.18. The van der Waals surface area contributed by atoms with Crippen molar-refractivity contribution in [3.63, 3.8) is 0 Å². The monoisotopic (exact) mass is 247 g/mol. The molecule has 1 unspecified atom stereocenters. The van der Waals surface area contributed by atoms with Crippen LogP contribution in [0.15, 0.2) is 24.3 Å². The zero-order valence-electron chi connectivity index (χ0n) is 9.12. The van der Waals surface area contributed by atoms with Gasteiger partial charge in [0.1, 0.15) is 11.9 Å². The minimum absolute atomic E-state index is 0.196. The molecule has 0 bridgehead atoms. The first-order chi connectivity index (χ1) is 7.91. The molecule has 94 valence electrons. The minimum Gasteiger partial charge on any atom is -0.462 e. The van der Waals surface area contributed by atoms with Gasteiger partial charge in [0.25, 0.3) is 0 Å². The smallest absolute Gasteiger partial charge is 0.379 e. The molecule has 0 amide bonds. The third-order valence-electron chi connectivity index (χ3n) is 2.18. The minimum atomic E-state index is -3.96. The van der Waals surface area contributed by atoms with E-state index in [-0.39, 0.29) is 6.61 Å². The summed E-state index contributed by atoms with van der Waals surface area (Å²) < 4.78 is 44.4. The molecule has 0 aromatic heterocycles. The van der Waals surface area contributed by atoms with Gasteiger partial charge in [-0.1, -0.05) is 18.2 Å². The number of rotatable bonds is 4. The van der Waals surface area contributed by atoms with Crippen LogP contribution in [-0.2, 0) is 9.53 Å². The van der Waals surface area contributed by atoms with Crippen molar-refractivity contribution in [1.82, 2.24) is 0 Å². The van der Waals surface area contributed by atoms with Crippen LogP contribution in [0.1, 0.15) is 18.5 Å². The van der Waals surface area contributed by atoms with Gasteiger partial charge in [0.15, 0.2) is 0 Å². The van der Waals surface area contributed by atoms with Crippen LogP contribution in [0.2, 0.25) is 0 Å². The molecule has 2 N–H and O–H groups in total. The first-order valence-corrected chi connectivity index (χ1v) is 4.96. The molecule has 0 saturated carbocycles. The fraction of sp³-hybridized carbons (Fsp3) is 0.364. The molecule has 6 heteroatoms. The van der Waals surface area contributed by atoms with E-state index in [1.807, 2.05) is 0 Å². The van der Waals surface area contributed by atoms with Crippen LogP contribution in [0.4, 0.5) is 13.2 Å². The topological polar surface area (TPSA) is 52.3 Å². The van der Waals surface area contributed by atoms with E-state index in [1.165, 1.54) is 19.1 Å². The Hall–Kier alpha value is -1.56. The number of carbonyl (C=O) groups excluding carboxylic acids is 1. The SMILES string of the molecule is CCOC(=O)C(F)(F)C(N)c1ccccc1F. The molecule has 1 atom stereocenters.